The Morgan fingerprint density at radius 2 is 1.97 bits per heavy atom. The number of aryl methyl sites for hydroxylation is 1. The average Bonchev–Trinajstić information content (AvgIpc) is 3.23. The molecule has 3 aromatic heterocycles. The van der Waals surface area contributed by atoms with Crippen LogP contribution in [0.2, 0.25) is 0 Å². The summed E-state index contributed by atoms with van der Waals surface area (Å²) in [6.07, 6.45) is 8.41. The molecule has 0 aliphatic heterocycles. The van der Waals surface area contributed by atoms with E-state index in [1.165, 1.54) is 0 Å². The second-order valence-corrected chi connectivity index (χ2v) is 10.5. The zero-order valence-corrected chi connectivity index (χ0v) is 20.7. The van der Waals surface area contributed by atoms with Crippen molar-refractivity contribution in [1.29, 1.82) is 0 Å². The van der Waals surface area contributed by atoms with Crippen LogP contribution in [0, 0.1) is 3.57 Å². The molecule has 0 unspecified atom stereocenters. The van der Waals surface area contributed by atoms with Gasteiger partial charge in [0.25, 0.3) is 0 Å². The van der Waals surface area contributed by atoms with Gasteiger partial charge in [-0.3, -0.25) is 4.68 Å². The minimum absolute atomic E-state index is 0.0568. The van der Waals surface area contributed by atoms with E-state index in [0.29, 0.717) is 18.7 Å². The Labute approximate surface area is 194 Å². The van der Waals surface area contributed by atoms with Crippen LogP contribution >= 0.6 is 22.6 Å². The van der Waals surface area contributed by atoms with Crippen molar-refractivity contribution in [3.63, 3.8) is 0 Å². The van der Waals surface area contributed by atoms with E-state index in [-0.39, 0.29) is 12.1 Å². The van der Waals surface area contributed by atoms with E-state index in [4.69, 9.17) is 14.5 Å². The van der Waals surface area contributed by atoms with Gasteiger partial charge in [0.15, 0.2) is 0 Å². The minimum atomic E-state index is -0.518. The van der Waals surface area contributed by atoms with Gasteiger partial charge >= 0.3 is 6.09 Å². The van der Waals surface area contributed by atoms with Gasteiger partial charge in [-0.15, -0.1) is 0 Å². The van der Waals surface area contributed by atoms with Crippen LogP contribution in [0.4, 0.5) is 4.79 Å². The molecule has 0 radical (unpaired) electrons. The molecule has 1 fully saturated rings. The molecule has 3 aromatic rings. The van der Waals surface area contributed by atoms with Crippen LogP contribution in [0.15, 0.2) is 24.8 Å². The molecule has 31 heavy (non-hydrogen) atoms. The predicted molar refractivity (Wildman–Crippen MR) is 124 cm³/mol. The first-order valence-electron chi connectivity index (χ1n) is 10.1. The molecule has 0 atom stereocenters. The summed E-state index contributed by atoms with van der Waals surface area (Å²) in [4.78, 5) is 18.8. The third kappa shape index (κ3) is 4.48. The summed E-state index contributed by atoms with van der Waals surface area (Å²) in [6, 6.07) is 0.0568. The van der Waals surface area contributed by atoms with Crippen molar-refractivity contribution in [3.05, 3.63) is 28.4 Å². The molecular formula is C21H27IN6O3. The first kappa shape index (κ1) is 21.8. The third-order valence-electron chi connectivity index (χ3n) is 5.33. The van der Waals surface area contributed by atoms with E-state index in [2.05, 4.69) is 32.8 Å². The molecule has 0 bridgehead atoms. The number of aromatic nitrogens is 5. The lowest BCUT2D eigenvalue weighted by Crippen LogP contribution is -2.57. The Bertz CT molecular complexity index is 1130. The SMILES string of the molecule is Cn1cc(-c2cn3ncc(I)c3c(O[C@]3(C)C[C@H](N(C)C(=O)OC(C)(C)C)C3)n2)cn1. The lowest BCUT2D eigenvalue weighted by atomic mass is 9.76. The van der Waals surface area contributed by atoms with Crippen molar-refractivity contribution in [2.24, 2.45) is 7.05 Å². The van der Waals surface area contributed by atoms with Gasteiger partial charge in [0.05, 0.1) is 27.9 Å². The number of hydrogen-bond acceptors (Lipinski definition) is 6. The third-order valence-corrected chi connectivity index (χ3v) is 6.12. The first-order chi connectivity index (χ1) is 14.4. The molecule has 1 saturated carbocycles. The van der Waals surface area contributed by atoms with E-state index in [0.717, 1.165) is 20.3 Å². The smallest absolute Gasteiger partial charge is 0.410 e. The van der Waals surface area contributed by atoms with E-state index in [1.807, 2.05) is 47.1 Å². The highest BCUT2D eigenvalue weighted by molar-refractivity contribution is 14.1. The number of hydrogen-bond donors (Lipinski definition) is 0. The van der Waals surface area contributed by atoms with E-state index in [9.17, 15) is 4.79 Å². The van der Waals surface area contributed by atoms with Crippen molar-refractivity contribution in [2.75, 3.05) is 7.05 Å². The molecule has 1 aliphatic carbocycles. The molecule has 0 aromatic carbocycles. The van der Waals surface area contributed by atoms with Crippen molar-refractivity contribution in [1.82, 2.24) is 29.3 Å². The highest BCUT2D eigenvalue weighted by Crippen LogP contribution is 2.41. The molecule has 0 spiro atoms. The fraction of sp³-hybridized carbons (Fsp3) is 0.524. The Morgan fingerprint density at radius 1 is 1.26 bits per heavy atom. The van der Waals surface area contributed by atoms with Crippen LogP contribution in [-0.4, -0.2) is 59.7 Å². The van der Waals surface area contributed by atoms with Gasteiger partial charge in [0, 0.05) is 44.7 Å². The molecule has 9 nitrogen and oxygen atoms in total. The standard InChI is InChI=1S/C21H27IN6O3/c1-20(2,3)31-19(29)27(6)14-7-21(4,8-14)30-18-17-15(22)10-24-28(17)12-16(25-18)13-9-23-26(5)11-13/h9-12,14H,7-8H2,1-6H3/t14-,21+. The Balaban J connectivity index is 1.55. The van der Waals surface area contributed by atoms with Gasteiger partial charge in [-0.1, -0.05) is 0 Å². The van der Waals surface area contributed by atoms with Gasteiger partial charge in [-0.25, -0.2) is 14.3 Å². The van der Waals surface area contributed by atoms with Crippen LogP contribution in [0.3, 0.4) is 0 Å². The van der Waals surface area contributed by atoms with E-state index in [1.54, 1.807) is 33.5 Å². The average molecular weight is 538 g/mol. The zero-order valence-electron chi connectivity index (χ0n) is 18.6. The number of nitrogens with zero attached hydrogens (tertiary/aromatic N) is 6. The summed E-state index contributed by atoms with van der Waals surface area (Å²) in [6.45, 7) is 7.65. The monoisotopic (exact) mass is 538 g/mol. The molecular weight excluding hydrogens is 511 g/mol. The summed E-state index contributed by atoms with van der Waals surface area (Å²) in [5.74, 6) is 0.532. The van der Waals surface area contributed by atoms with Crippen LogP contribution in [0.1, 0.15) is 40.5 Å². The number of ether oxygens (including phenoxy) is 2. The van der Waals surface area contributed by atoms with E-state index < -0.39 is 11.2 Å². The number of carbonyl (C=O) groups excluding carboxylic acids is 1. The maximum atomic E-state index is 12.4. The number of rotatable bonds is 4. The molecule has 0 N–H and O–H groups in total. The normalized spacial score (nSPS) is 21.1. The van der Waals surface area contributed by atoms with Crippen LogP contribution in [-0.2, 0) is 11.8 Å². The van der Waals surface area contributed by atoms with Crippen LogP contribution in [0.5, 0.6) is 5.88 Å². The molecule has 166 valence electrons. The second kappa shape index (κ2) is 7.64. The lowest BCUT2D eigenvalue weighted by molar-refractivity contribution is -0.0588. The lowest BCUT2D eigenvalue weighted by Gasteiger charge is -2.48. The highest BCUT2D eigenvalue weighted by atomic mass is 127. The predicted octanol–water partition coefficient (Wildman–Crippen LogP) is 3.90. The van der Waals surface area contributed by atoms with Gasteiger partial charge in [-0.2, -0.15) is 10.2 Å². The van der Waals surface area contributed by atoms with Crippen molar-refractivity contribution in [2.45, 2.75) is 57.8 Å². The van der Waals surface area contributed by atoms with Gasteiger partial charge in [0.2, 0.25) is 5.88 Å². The molecule has 4 rings (SSSR count). The topological polar surface area (TPSA) is 86.8 Å². The summed E-state index contributed by atoms with van der Waals surface area (Å²) < 4.78 is 16.4. The minimum Gasteiger partial charge on any atom is -0.470 e. The Hall–Kier alpha value is -2.37. The number of amides is 1. The Morgan fingerprint density at radius 3 is 2.58 bits per heavy atom. The van der Waals surface area contributed by atoms with Crippen LogP contribution in [0.25, 0.3) is 16.8 Å². The molecule has 1 aliphatic rings. The van der Waals surface area contributed by atoms with Gasteiger partial charge < -0.3 is 14.4 Å². The van der Waals surface area contributed by atoms with Crippen molar-refractivity contribution in [3.8, 4) is 17.1 Å². The number of carbonyl (C=O) groups is 1. The molecule has 1 amide bonds. The van der Waals surface area contributed by atoms with E-state index >= 15 is 0 Å². The molecule has 0 saturated heterocycles. The first-order valence-corrected chi connectivity index (χ1v) is 11.2. The summed E-state index contributed by atoms with van der Waals surface area (Å²) >= 11 is 2.24. The highest BCUT2D eigenvalue weighted by Gasteiger charge is 2.47. The maximum absolute atomic E-state index is 12.4. The maximum Gasteiger partial charge on any atom is 0.410 e. The number of fused-ring (bicyclic) bond motifs is 1. The van der Waals surface area contributed by atoms with Crippen molar-refractivity contribution < 1.29 is 14.3 Å². The fourth-order valence-electron chi connectivity index (χ4n) is 3.72. The Kier molecular flexibility index (Phi) is 5.39. The quantitative estimate of drug-likeness (QED) is 0.469. The molecule has 10 heteroatoms. The molecule has 3 heterocycles. The van der Waals surface area contributed by atoms with Gasteiger partial charge in [0.1, 0.15) is 16.7 Å². The zero-order chi connectivity index (χ0) is 22.6. The van der Waals surface area contributed by atoms with Crippen LogP contribution < -0.4 is 4.74 Å². The fourth-order valence-corrected chi connectivity index (χ4v) is 4.32. The number of halogens is 1. The summed E-state index contributed by atoms with van der Waals surface area (Å²) in [5.41, 5.74) is 1.51. The van der Waals surface area contributed by atoms with Gasteiger partial charge in [-0.05, 0) is 50.3 Å². The summed E-state index contributed by atoms with van der Waals surface area (Å²) in [5, 5.41) is 8.68. The largest absolute Gasteiger partial charge is 0.470 e. The summed E-state index contributed by atoms with van der Waals surface area (Å²) in [7, 11) is 3.64. The van der Waals surface area contributed by atoms with Crippen molar-refractivity contribution >= 4 is 34.2 Å². The second-order valence-electron chi connectivity index (χ2n) is 9.32.